The highest BCUT2D eigenvalue weighted by Gasteiger charge is 2.07. The lowest BCUT2D eigenvalue weighted by atomic mass is 10.1. The van der Waals surface area contributed by atoms with Crippen molar-refractivity contribution < 1.29 is 13.9 Å². The molecule has 1 amide bonds. The maximum atomic E-state index is 12.9. The van der Waals surface area contributed by atoms with Gasteiger partial charge in [-0.1, -0.05) is 24.3 Å². The third-order valence-corrected chi connectivity index (χ3v) is 4.14. The number of carbonyl (C=O) groups is 1. The van der Waals surface area contributed by atoms with Gasteiger partial charge in [0.1, 0.15) is 11.6 Å². The average molecular weight is 380 g/mol. The standard InChI is InChI=1S/C21H21FN4O2/c1-28-19-8-4-15(5-9-19)10-11-23-21-25-13-17(14-26-21)20(27)24-12-16-2-6-18(22)7-3-16/h2-9,13-14H,10-12H2,1H3,(H,24,27)(H,23,25,26). The van der Waals surface area contributed by atoms with Gasteiger partial charge in [0.2, 0.25) is 5.95 Å². The van der Waals surface area contributed by atoms with Crippen molar-refractivity contribution in [3.8, 4) is 5.75 Å². The van der Waals surface area contributed by atoms with Gasteiger partial charge >= 0.3 is 0 Å². The Bertz CT molecular complexity index is 897. The summed E-state index contributed by atoms with van der Waals surface area (Å²) < 4.78 is 18.0. The summed E-state index contributed by atoms with van der Waals surface area (Å²) >= 11 is 0. The van der Waals surface area contributed by atoms with Gasteiger partial charge in [-0.05, 0) is 41.8 Å². The number of carbonyl (C=O) groups excluding carboxylic acids is 1. The Morgan fingerprint density at radius 2 is 1.64 bits per heavy atom. The van der Waals surface area contributed by atoms with Gasteiger partial charge in [0.05, 0.1) is 12.7 Å². The Labute approximate surface area is 162 Å². The summed E-state index contributed by atoms with van der Waals surface area (Å²) in [5.74, 6) is 0.699. The van der Waals surface area contributed by atoms with Crippen molar-refractivity contribution in [2.45, 2.75) is 13.0 Å². The van der Waals surface area contributed by atoms with Crippen LogP contribution in [0.2, 0.25) is 0 Å². The van der Waals surface area contributed by atoms with Gasteiger partial charge < -0.3 is 15.4 Å². The number of benzene rings is 2. The SMILES string of the molecule is COc1ccc(CCNc2ncc(C(=O)NCc3ccc(F)cc3)cn2)cc1. The van der Waals surface area contributed by atoms with Gasteiger partial charge in [0.25, 0.3) is 5.91 Å². The molecular weight excluding hydrogens is 359 g/mol. The average Bonchev–Trinajstić information content (AvgIpc) is 2.74. The lowest BCUT2D eigenvalue weighted by Gasteiger charge is -2.07. The number of aromatic nitrogens is 2. The van der Waals surface area contributed by atoms with Crippen LogP contribution < -0.4 is 15.4 Å². The predicted molar refractivity (Wildman–Crippen MR) is 105 cm³/mol. The van der Waals surface area contributed by atoms with Crippen LogP contribution in [0.25, 0.3) is 0 Å². The van der Waals surface area contributed by atoms with E-state index in [2.05, 4.69) is 20.6 Å². The van der Waals surface area contributed by atoms with Crippen molar-refractivity contribution in [2.75, 3.05) is 19.0 Å². The van der Waals surface area contributed by atoms with E-state index in [4.69, 9.17) is 4.74 Å². The molecule has 0 unspecified atom stereocenters. The minimum atomic E-state index is -0.307. The van der Waals surface area contributed by atoms with E-state index >= 15 is 0 Å². The zero-order valence-corrected chi connectivity index (χ0v) is 15.5. The first kappa shape index (κ1) is 19.3. The first-order chi connectivity index (χ1) is 13.6. The largest absolute Gasteiger partial charge is 0.497 e. The van der Waals surface area contributed by atoms with Crippen LogP contribution in [0, 0.1) is 5.82 Å². The van der Waals surface area contributed by atoms with Gasteiger partial charge in [0.15, 0.2) is 0 Å². The molecule has 2 N–H and O–H groups in total. The fourth-order valence-corrected chi connectivity index (χ4v) is 2.53. The summed E-state index contributed by atoms with van der Waals surface area (Å²) in [5, 5.41) is 5.89. The van der Waals surface area contributed by atoms with Crippen molar-refractivity contribution >= 4 is 11.9 Å². The van der Waals surface area contributed by atoms with Crippen LogP contribution in [-0.2, 0) is 13.0 Å². The highest BCUT2D eigenvalue weighted by Crippen LogP contribution is 2.12. The van der Waals surface area contributed by atoms with Crippen LogP contribution >= 0.6 is 0 Å². The maximum Gasteiger partial charge on any atom is 0.254 e. The molecule has 0 aliphatic rings. The topological polar surface area (TPSA) is 76.1 Å². The minimum absolute atomic E-state index is 0.283. The van der Waals surface area contributed by atoms with Gasteiger partial charge in [0, 0.05) is 25.5 Å². The first-order valence-electron chi connectivity index (χ1n) is 8.85. The second kappa shape index (κ2) is 9.45. The van der Waals surface area contributed by atoms with Crippen LogP contribution in [-0.4, -0.2) is 29.5 Å². The molecule has 0 bridgehead atoms. The lowest BCUT2D eigenvalue weighted by molar-refractivity contribution is 0.0950. The monoisotopic (exact) mass is 380 g/mol. The van der Waals surface area contributed by atoms with Gasteiger partial charge in [-0.3, -0.25) is 4.79 Å². The summed E-state index contributed by atoms with van der Waals surface area (Å²) in [6.07, 6.45) is 3.76. The molecule has 3 aromatic rings. The second-order valence-corrected chi connectivity index (χ2v) is 6.13. The number of anilines is 1. The molecule has 1 heterocycles. The van der Waals surface area contributed by atoms with Crippen LogP contribution in [0.15, 0.2) is 60.9 Å². The molecule has 3 rings (SSSR count). The quantitative estimate of drug-likeness (QED) is 0.628. The molecule has 0 saturated carbocycles. The van der Waals surface area contributed by atoms with Crippen LogP contribution in [0.4, 0.5) is 10.3 Å². The zero-order chi connectivity index (χ0) is 19.8. The third-order valence-electron chi connectivity index (χ3n) is 4.14. The van der Waals surface area contributed by atoms with E-state index in [0.717, 1.165) is 17.7 Å². The van der Waals surface area contributed by atoms with E-state index in [-0.39, 0.29) is 11.7 Å². The molecule has 1 aromatic heterocycles. The lowest BCUT2D eigenvalue weighted by Crippen LogP contribution is -2.23. The summed E-state index contributed by atoms with van der Waals surface area (Å²) in [7, 11) is 1.64. The Morgan fingerprint density at radius 1 is 1.00 bits per heavy atom. The van der Waals surface area contributed by atoms with E-state index < -0.39 is 0 Å². The number of nitrogens with one attached hydrogen (secondary N) is 2. The molecule has 28 heavy (non-hydrogen) atoms. The van der Waals surface area contributed by atoms with E-state index in [0.29, 0.717) is 24.6 Å². The summed E-state index contributed by atoms with van der Waals surface area (Å²) in [6.45, 7) is 0.976. The fourth-order valence-electron chi connectivity index (χ4n) is 2.53. The Morgan fingerprint density at radius 3 is 2.29 bits per heavy atom. The number of rotatable bonds is 8. The highest BCUT2D eigenvalue weighted by molar-refractivity contribution is 5.93. The van der Waals surface area contributed by atoms with Gasteiger partial charge in [-0.25, -0.2) is 14.4 Å². The molecule has 0 aliphatic carbocycles. The second-order valence-electron chi connectivity index (χ2n) is 6.13. The van der Waals surface area contributed by atoms with E-state index in [1.165, 1.54) is 30.1 Å². The predicted octanol–water partition coefficient (Wildman–Crippen LogP) is 3.21. The van der Waals surface area contributed by atoms with Crippen molar-refractivity contribution in [1.29, 1.82) is 0 Å². The van der Waals surface area contributed by atoms with Crippen molar-refractivity contribution in [3.63, 3.8) is 0 Å². The molecular formula is C21H21FN4O2. The summed E-state index contributed by atoms with van der Waals surface area (Å²) in [4.78, 5) is 20.5. The van der Waals surface area contributed by atoms with Crippen LogP contribution in [0.5, 0.6) is 5.75 Å². The van der Waals surface area contributed by atoms with E-state index in [9.17, 15) is 9.18 Å². The number of hydrogen-bond acceptors (Lipinski definition) is 5. The smallest absolute Gasteiger partial charge is 0.254 e. The highest BCUT2D eigenvalue weighted by atomic mass is 19.1. The molecule has 7 heteroatoms. The van der Waals surface area contributed by atoms with E-state index in [1.54, 1.807) is 19.2 Å². The molecule has 0 saturated heterocycles. The first-order valence-corrected chi connectivity index (χ1v) is 8.85. The molecule has 0 aliphatic heterocycles. The number of nitrogens with zero attached hydrogens (tertiary/aromatic N) is 2. The number of halogens is 1. The van der Waals surface area contributed by atoms with Crippen molar-refractivity contribution in [3.05, 3.63) is 83.4 Å². The number of ether oxygens (including phenoxy) is 1. The Balaban J connectivity index is 1.45. The Kier molecular flexibility index (Phi) is 6.51. The molecule has 144 valence electrons. The van der Waals surface area contributed by atoms with Crippen molar-refractivity contribution in [2.24, 2.45) is 0 Å². The van der Waals surface area contributed by atoms with Crippen molar-refractivity contribution in [1.82, 2.24) is 15.3 Å². The number of amides is 1. The van der Waals surface area contributed by atoms with E-state index in [1.807, 2.05) is 24.3 Å². The number of hydrogen-bond donors (Lipinski definition) is 2. The summed E-state index contributed by atoms with van der Waals surface area (Å²) in [6, 6.07) is 13.8. The number of methoxy groups -OCH3 is 1. The maximum absolute atomic E-state index is 12.9. The molecule has 2 aromatic carbocycles. The minimum Gasteiger partial charge on any atom is -0.497 e. The molecule has 0 atom stereocenters. The molecule has 0 spiro atoms. The summed E-state index contributed by atoms with van der Waals surface area (Å²) in [5.41, 5.74) is 2.35. The normalized spacial score (nSPS) is 10.4. The van der Waals surface area contributed by atoms with Gasteiger partial charge in [-0.2, -0.15) is 0 Å². The van der Waals surface area contributed by atoms with Crippen LogP contribution in [0.3, 0.4) is 0 Å². The molecule has 0 radical (unpaired) electrons. The Hall–Kier alpha value is -3.48. The van der Waals surface area contributed by atoms with Crippen LogP contribution in [0.1, 0.15) is 21.5 Å². The molecule has 6 nitrogen and oxygen atoms in total. The molecule has 0 fully saturated rings. The zero-order valence-electron chi connectivity index (χ0n) is 15.5. The van der Waals surface area contributed by atoms with Gasteiger partial charge in [-0.15, -0.1) is 0 Å². The third kappa shape index (κ3) is 5.51. The fraction of sp³-hybridized carbons (Fsp3) is 0.190.